The van der Waals surface area contributed by atoms with Crippen molar-refractivity contribution in [3.8, 4) is 0 Å². The molecule has 1 atom stereocenters. The van der Waals surface area contributed by atoms with Crippen molar-refractivity contribution in [1.29, 1.82) is 0 Å². The van der Waals surface area contributed by atoms with Crippen molar-refractivity contribution in [3.05, 3.63) is 29.3 Å². The SMILES string of the molecule is Cc1ccc(N)cc1C(=O)N(CC1CCCO1)C1CCC(C)CC1. The molecule has 4 heteroatoms. The van der Waals surface area contributed by atoms with Crippen LogP contribution < -0.4 is 5.73 Å². The van der Waals surface area contributed by atoms with Crippen LogP contribution in [0.5, 0.6) is 0 Å². The smallest absolute Gasteiger partial charge is 0.254 e. The second-order valence-electron chi connectivity index (χ2n) is 7.58. The predicted octanol–water partition coefficient (Wildman–Crippen LogP) is 3.78. The van der Waals surface area contributed by atoms with Gasteiger partial charge in [0.1, 0.15) is 0 Å². The highest BCUT2D eigenvalue weighted by Crippen LogP contribution is 2.30. The van der Waals surface area contributed by atoms with E-state index in [4.69, 9.17) is 10.5 Å². The van der Waals surface area contributed by atoms with E-state index in [-0.39, 0.29) is 12.0 Å². The molecule has 0 aromatic heterocycles. The molecule has 0 radical (unpaired) electrons. The molecule has 1 amide bonds. The molecule has 1 saturated heterocycles. The third kappa shape index (κ3) is 3.92. The van der Waals surface area contributed by atoms with Gasteiger partial charge in [-0.3, -0.25) is 4.79 Å². The number of nitrogen functional groups attached to an aromatic ring is 1. The van der Waals surface area contributed by atoms with Crippen molar-refractivity contribution in [2.24, 2.45) is 5.92 Å². The number of hydrogen-bond donors (Lipinski definition) is 1. The fraction of sp³-hybridized carbons (Fsp3) is 0.650. The molecule has 1 saturated carbocycles. The van der Waals surface area contributed by atoms with Crippen LogP contribution in [0.25, 0.3) is 0 Å². The summed E-state index contributed by atoms with van der Waals surface area (Å²) in [5, 5.41) is 0. The molecule has 1 heterocycles. The lowest BCUT2D eigenvalue weighted by molar-refractivity contribution is 0.0341. The lowest BCUT2D eigenvalue weighted by Gasteiger charge is -2.37. The van der Waals surface area contributed by atoms with E-state index in [0.717, 1.165) is 49.3 Å². The standard InChI is InChI=1S/C20H30N2O2/c1-14-5-9-17(10-6-14)22(13-18-4-3-11-24-18)20(23)19-12-16(21)8-7-15(19)2/h7-8,12,14,17-18H,3-6,9-11,13,21H2,1-2H3. The van der Waals surface area contributed by atoms with E-state index in [1.807, 2.05) is 25.1 Å². The van der Waals surface area contributed by atoms with Crippen molar-refractivity contribution in [3.63, 3.8) is 0 Å². The van der Waals surface area contributed by atoms with Crippen LogP contribution in [0.15, 0.2) is 18.2 Å². The summed E-state index contributed by atoms with van der Waals surface area (Å²) in [6.07, 6.45) is 6.96. The van der Waals surface area contributed by atoms with Gasteiger partial charge in [0.05, 0.1) is 6.10 Å². The monoisotopic (exact) mass is 330 g/mol. The number of aryl methyl sites for hydroxylation is 1. The Morgan fingerprint density at radius 1 is 1.25 bits per heavy atom. The summed E-state index contributed by atoms with van der Waals surface area (Å²) in [5.41, 5.74) is 8.32. The summed E-state index contributed by atoms with van der Waals surface area (Å²) in [4.78, 5) is 15.4. The first-order valence-electron chi connectivity index (χ1n) is 9.33. The average molecular weight is 330 g/mol. The molecule has 0 spiro atoms. The molecular weight excluding hydrogens is 300 g/mol. The minimum absolute atomic E-state index is 0.120. The van der Waals surface area contributed by atoms with Crippen LogP contribution in [-0.4, -0.2) is 36.1 Å². The molecule has 1 unspecified atom stereocenters. The fourth-order valence-electron chi connectivity index (χ4n) is 3.98. The van der Waals surface area contributed by atoms with Gasteiger partial charge in [0.2, 0.25) is 0 Å². The molecule has 24 heavy (non-hydrogen) atoms. The number of anilines is 1. The highest BCUT2D eigenvalue weighted by molar-refractivity contribution is 5.96. The summed E-state index contributed by atoms with van der Waals surface area (Å²) in [5.74, 6) is 0.893. The van der Waals surface area contributed by atoms with Crippen LogP contribution in [0.4, 0.5) is 5.69 Å². The number of amides is 1. The number of hydrogen-bond acceptors (Lipinski definition) is 3. The van der Waals surface area contributed by atoms with Gasteiger partial charge in [0.25, 0.3) is 5.91 Å². The van der Waals surface area contributed by atoms with E-state index in [9.17, 15) is 4.79 Å². The van der Waals surface area contributed by atoms with Crippen LogP contribution in [0, 0.1) is 12.8 Å². The van der Waals surface area contributed by atoms with Crippen molar-refractivity contribution < 1.29 is 9.53 Å². The van der Waals surface area contributed by atoms with Crippen LogP contribution in [0.3, 0.4) is 0 Å². The second-order valence-corrected chi connectivity index (χ2v) is 7.58. The third-order valence-electron chi connectivity index (χ3n) is 5.60. The van der Waals surface area contributed by atoms with Gasteiger partial charge in [0.15, 0.2) is 0 Å². The first kappa shape index (κ1) is 17.3. The molecule has 132 valence electrons. The highest BCUT2D eigenvalue weighted by Gasteiger charge is 2.31. The molecule has 2 N–H and O–H groups in total. The molecule has 2 fully saturated rings. The lowest BCUT2D eigenvalue weighted by Crippen LogP contribution is -2.46. The van der Waals surface area contributed by atoms with Crippen molar-refractivity contribution in [2.75, 3.05) is 18.9 Å². The van der Waals surface area contributed by atoms with Gasteiger partial charge in [-0.25, -0.2) is 0 Å². The Labute approximate surface area is 145 Å². The van der Waals surface area contributed by atoms with E-state index in [2.05, 4.69) is 11.8 Å². The predicted molar refractivity (Wildman–Crippen MR) is 97.0 cm³/mol. The molecular formula is C20H30N2O2. The molecule has 1 aliphatic carbocycles. The van der Waals surface area contributed by atoms with E-state index >= 15 is 0 Å². The summed E-state index contributed by atoms with van der Waals surface area (Å²) < 4.78 is 5.82. The maximum Gasteiger partial charge on any atom is 0.254 e. The molecule has 1 aromatic carbocycles. The fourth-order valence-corrected chi connectivity index (χ4v) is 3.98. The molecule has 1 aliphatic heterocycles. The number of benzene rings is 1. The number of carbonyl (C=O) groups is 1. The molecule has 1 aromatic rings. The van der Waals surface area contributed by atoms with Crippen LogP contribution in [-0.2, 0) is 4.74 Å². The van der Waals surface area contributed by atoms with Crippen LogP contribution in [0.1, 0.15) is 61.4 Å². The number of nitrogens with two attached hydrogens (primary N) is 1. The Hall–Kier alpha value is -1.55. The van der Waals surface area contributed by atoms with Crippen LogP contribution >= 0.6 is 0 Å². The normalized spacial score (nSPS) is 27.2. The molecule has 4 nitrogen and oxygen atoms in total. The molecule has 3 rings (SSSR count). The Kier molecular flexibility index (Phi) is 5.44. The largest absolute Gasteiger partial charge is 0.399 e. The minimum atomic E-state index is 0.120. The maximum atomic E-state index is 13.3. The number of nitrogens with zero attached hydrogens (tertiary/aromatic N) is 1. The average Bonchev–Trinajstić information content (AvgIpc) is 3.08. The highest BCUT2D eigenvalue weighted by atomic mass is 16.5. The summed E-state index contributed by atoms with van der Waals surface area (Å²) in [6, 6.07) is 5.96. The molecule has 2 aliphatic rings. The first-order valence-corrected chi connectivity index (χ1v) is 9.33. The second kappa shape index (κ2) is 7.56. The minimum Gasteiger partial charge on any atom is -0.399 e. The number of ether oxygens (including phenoxy) is 1. The van der Waals surface area contributed by atoms with Gasteiger partial charge in [-0.1, -0.05) is 13.0 Å². The summed E-state index contributed by atoms with van der Waals surface area (Å²) >= 11 is 0. The summed E-state index contributed by atoms with van der Waals surface area (Å²) in [7, 11) is 0. The van der Waals surface area contributed by atoms with Crippen molar-refractivity contribution in [2.45, 2.75) is 64.5 Å². The maximum absolute atomic E-state index is 13.3. The van der Waals surface area contributed by atoms with Crippen molar-refractivity contribution in [1.82, 2.24) is 4.90 Å². The Morgan fingerprint density at radius 3 is 2.67 bits per heavy atom. The van der Waals surface area contributed by atoms with E-state index < -0.39 is 0 Å². The van der Waals surface area contributed by atoms with E-state index in [1.54, 1.807) is 0 Å². The van der Waals surface area contributed by atoms with Gasteiger partial charge < -0.3 is 15.4 Å². The zero-order valence-electron chi connectivity index (χ0n) is 15.0. The quantitative estimate of drug-likeness (QED) is 0.855. The Morgan fingerprint density at radius 2 is 2.00 bits per heavy atom. The van der Waals surface area contributed by atoms with Gasteiger partial charge >= 0.3 is 0 Å². The van der Waals surface area contributed by atoms with Gasteiger partial charge in [-0.15, -0.1) is 0 Å². The number of rotatable bonds is 4. The first-order chi connectivity index (χ1) is 11.5. The zero-order valence-corrected chi connectivity index (χ0v) is 15.0. The van der Waals surface area contributed by atoms with Gasteiger partial charge in [0, 0.05) is 30.4 Å². The lowest BCUT2D eigenvalue weighted by atomic mass is 9.86. The Balaban J connectivity index is 1.82. The van der Waals surface area contributed by atoms with E-state index in [0.29, 0.717) is 18.3 Å². The van der Waals surface area contributed by atoms with E-state index in [1.165, 1.54) is 12.8 Å². The molecule has 0 bridgehead atoms. The third-order valence-corrected chi connectivity index (χ3v) is 5.60. The topological polar surface area (TPSA) is 55.6 Å². The van der Waals surface area contributed by atoms with Crippen molar-refractivity contribution >= 4 is 11.6 Å². The number of carbonyl (C=O) groups excluding carboxylic acids is 1. The Bertz CT molecular complexity index is 573. The summed E-state index contributed by atoms with van der Waals surface area (Å²) in [6.45, 7) is 5.84. The van der Waals surface area contributed by atoms with Gasteiger partial charge in [-0.05, 0) is 69.1 Å². The zero-order chi connectivity index (χ0) is 17.1. The van der Waals surface area contributed by atoms with Crippen LogP contribution in [0.2, 0.25) is 0 Å². The van der Waals surface area contributed by atoms with Gasteiger partial charge in [-0.2, -0.15) is 0 Å².